The molecular weight excluding hydrogens is 251 g/mol. The Labute approximate surface area is 123 Å². The summed E-state index contributed by atoms with van der Waals surface area (Å²) in [4.78, 5) is 4.83. The van der Waals surface area contributed by atoms with E-state index in [0.29, 0.717) is 18.0 Å². The van der Waals surface area contributed by atoms with Gasteiger partial charge in [0.15, 0.2) is 0 Å². The Morgan fingerprint density at radius 1 is 0.900 bits per heavy atom. The summed E-state index contributed by atoms with van der Waals surface area (Å²) in [5, 5.41) is 0. The third-order valence-electron chi connectivity index (χ3n) is 6.26. The van der Waals surface area contributed by atoms with Gasteiger partial charge in [0.2, 0.25) is 0 Å². The molecule has 20 heavy (non-hydrogen) atoms. The van der Waals surface area contributed by atoms with Crippen LogP contribution in [-0.2, 0) is 0 Å². The minimum absolute atomic E-state index is 0.563. The van der Waals surface area contributed by atoms with Crippen molar-refractivity contribution in [2.24, 2.45) is 5.41 Å². The largest absolute Gasteiger partial charge is 0.301 e. The first-order valence-electron chi connectivity index (χ1n) is 8.66. The number of nitrogens with zero attached hydrogens (tertiary/aromatic N) is 2. The lowest BCUT2D eigenvalue weighted by Crippen LogP contribution is -2.52. The zero-order valence-corrected chi connectivity index (χ0v) is 13.3. The van der Waals surface area contributed by atoms with Crippen LogP contribution in [-0.4, -0.2) is 54.2 Å². The first-order chi connectivity index (χ1) is 9.50. The normalized spacial score (nSPS) is 30.6. The van der Waals surface area contributed by atoms with Crippen LogP contribution in [0.5, 0.6) is 0 Å². The molecule has 0 amide bonds. The molecule has 0 radical (unpaired) electrons. The molecule has 3 heteroatoms. The van der Waals surface area contributed by atoms with E-state index >= 15 is 4.39 Å². The first-order valence-corrected chi connectivity index (χ1v) is 8.66. The Bertz CT molecular complexity index is 320. The average Bonchev–Trinajstić information content (AvgIpc) is 2.38. The van der Waals surface area contributed by atoms with E-state index in [0.717, 1.165) is 39.0 Å². The fraction of sp³-hybridized carbons (Fsp3) is 1.00. The molecule has 3 aliphatic rings. The predicted octanol–water partition coefficient (Wildman–Crippen LogP) is 3.47. The zero-order chi connectivity index (χ0) is 14.2. The molecule has 1 aliphatic carbocycles. The lowest BCUT2D eigenvalue weighted by Gasteiger charge is -2.49. The minimum atomic E-state index is -0.921. The van der Waals surface area contributed by atoms with Crippen LogP contribution in [0.2, 0.25) is 0 Å². The summed E-state index contributed by atoms with van der Waals surface area (Å²) >= 11 is 0. The van der Waals surface area contributed by atoms with Crippen molar-refractivity contribution in [3.8, 4) is 0 Å². The van der Waals surface area contributed by atoms with Gasteiger partial charge in [-0.05, 0) is 70.9 Å². The van der Waals surface area contributed by atoms with Crippen molar-refractivity contribution in [2.45, 2.75) is 70.5 Å². The first kappa shape index (κ1) is 14.8. The highest BCUT2D eigenvalue weighted by atomic mass is 19.1. The van der Waals surface area contributed by atoms with E-state index in [9.17, 15) is 0 Å². The molecule has 0 aromatic rings. The van der Waals surface area contributed by atoms with Gasteiger partial charge in [-0.1, -0.05) is 6.42 Å². The quantitative estimate of drug-likeness (QED) is 0.782. The van der Waals surface area contributed by atoms with Crippen LogP contribution in [0.15, 0.2) is 0 Å². The average molecular weight is 282 g/mol. The number of likely N-dealkylation sites (tertiary alicyclic amines) is 2. The zero-order valence-electron chi connectivity index (χ0n) is 13.3. The van der Waals surface area contributed by atoms with E-state index in [-0.39, 0.29) is 0 Å². The summed E-state index contributed by atoms with van der Waals surface area (Å²) in [6, 6.07) is 0.563. The van der Waals surface area contributed by atoms with E-state index in [1.54, 1.807) is 0 Å². The summed E-state index contributed by atoms with van der Waals surface area (Å²) in [6.45, 7) is 9.27. The van der Waals surface area contributed by atoms with Crippen LogP contribution in [0.4, 0.5) is 4.39 Å². The highest BCUT2D eigenvalue weighted by Gasteiger charge is 2.42. The molecule has 1 saturated carbocycles. The van der Waals surface area contributed by atoms with E-state index in [1.807, 2.05) is 0 Å². The lowest BCUT2D eigenvalue weighted by molar-refractivity contribution is -0.0191. The number of hydrogen-bond acceptors (Lipinski definition) is 2. The summed E-state index contributed by atoms with van der Waals surface area (Å²) in [6.07, 6.45) is 8.40. The second kappa shape index (κ2) is 5.57. The van der Waals surface area contributed by atoms with Gasteiger partial charge in [0, 0.05) is 25.7 Å². The van der Waals surface area contributed by atoms with E-state index in [1.165, 1.54) is 32.1 Å². The van der Waals surface area contributed by atoms with Crippen LogP contribution in [0.1, 0.15) is 58.8 Å². The van der Waals surface area contributed by atoms with Crippen molar-refractivity contribution < 1.29 is 4.39 Å². The highest BCUT2D eigenvalue weighted by molar-refractivity contribution is 4.95. The van der Waals surface area contributed by atoms with Crippen LogP contribution in [0.3, 0.4) is 0 Å². The second-order valence-electron chi connectivity index (χ2n) is 7.91. The Hall–Kier alpha value is -0.150. The van der Waals surface area contributed by atoms with E-state index < -0.39 is 5.67 Å². The van der Waals surface area contributed by atoms with Crippen molar-refractivity contribution >= 4 is 0 Å². The number of halogens is 1. The third-order valence-corrected chi connectivity index (χ3v) is 6.26. The van der Waals surface area contributed by atoms with Gasteiger partial charge < -0.3 is 9.80 Å². The fourth-order valence-electron chi connectivity index (χ4n) is 4.36. The van der Waals surface area contributed by atoms with Gasteiger partial charge in [-0.3, -0.25) is 0 Å². The maximum atomic E-state index is 15.0. The van der Waals surface area contributed by atoms with Gasteiger partial charge in [0.25, 0.3) is 0 Å². The van der Waals surface area contributed by atoms with Crippen molar-refractivity contribution in [3.63, 3.8) is 0 Å². The molecule has 116 valence electrons. The molecule has 0 atom stereocenters. The highest BCUT2D eigenvalue weighted by Crippen LogP contribution is 2.49. The predicted molar refractivity (Wildman–Crippen MR) is 81.7 cm³/mol. The van der Waals surface area contributed by atoms with Crippen LogP contribution < -0.4 is 0 Å². The van der Waals surface area contributed by atoms with Gasteiger partial charge in [-0.25, -0.2) is 4.39 Å². The molecule has 0 bridgehead atoms. The van der Waals surface area contributed by atoms with Crippen molar-refractivity contribution in [1.82, 2.24) is 9.80 Å². The molecule has 0 unspecified atom stereocenters. The van der Waals surface area contributed by atoms with Gasteiger partial charge in [-0.2, -0.15) is 0 Å². The van der Waals surface area contributed by atoms with Crippen LogP contribution in [0, 0.1) is 5.41 Å². The molecule has 0 N–H and O–H groups in total. The Balaban J connectivity index is 1.46. The molecule has 0 aromatic carbocycles. The smallest absolute Gasteiger partial charge is 0.126 e. The summed E-state index contributed by atoms with van der Waals surface area (Å²) in [5.41, 5.74) is -0.240. The van der Waals surface area contributed by atoms with Gasteiger partial charge >= 0.3 is 0 Å². The molecule has 3 rings (SSSR count). The van der Waals surface area contributed by atoms with E-state index in [4.69, 9.17) is 0 Å². The second-order valence-corrected chi connectivity index (χ2v) is 7.91. The number of piperidine rings is 2. The lowest BCUT2D eigenvalue weighted by atomic mass is 9.63. The number of alkyl halides is 1. The standard InChI is InChI=1S/C17H31FN2/c1-15(2)20-12-8-17(18,9-13-20)14-19-10-6-16(7-11-19)4-3-5-16/h15H,3-14H2,1-2H3. The molecule has 2 aliphatic heterocycles. The monoisotopic (exact) mass is 282 g/mol. The molecule has 2 heterocycles. The van der Waals surface area contributed by atoms with Gasteiger partial charge in [0.05, 0.1) is 0 Å². The third kappa shape index (κ3) is 3.04. The molecule has 1 spiro atoms. The van der Waals surface area contributed by atoms with Gasteiger partial charge in [-0.15, -0.1) is 0 Å². The topological polar surface area (TPSA) is 6.48 Å². The van der Waals surface area contributed by atoms with Gasteiger partial charge in [0.1, 0.15) is 5.67 Å². The molecule has 0 aromatic heterocycles. The SMILES string of the molecule is CC(C)N1CCC(F)(CN2CCC3(CCC3)CC2)CC1. The van der Waals surface area contributed by atoms with Crippen LogP contribution in [0.25, 0.3) is 0 Å². The summed E-state index contributed by atoms with van der Waals surface area (Å²) in [7, 11) is 0. The maximum absolute atomic E-state index is 15.0. The van der Waals surface area contributed by atoms with Crippen molar-refractivity contribution in [1.29, 1.82) is 0 Å². The summed E-state index contributed by atoms with van der Waals surface area (Å²) < 4.78 is 15.0. The number of rotatable bonds is 3. The fourth-order valence-corrected chi connectivity index (χ4v) is 4.36. The maximum Gasteiger partial charge on any atom is 0.126 e. The molecular formula is C17H31FN2. The molecule has 3 fully saturated rings. The Morgan fingerprint density at radius 3 is 1.95 bits per heavy atom. The Kier molecular flexibility index (Phi) is 4.11. The van der Waals surface area contributed by atoms with Crippen LogP contribution >= 0.6 is 0 Å². The Morgan fingerprint density at radius 2 is 1.50 bits per heavy atom. The van der Waals surface area contributed by atoms with Crippen molar-refractivity contribution in [2.75, 3.05) is 32.7 Å². The van der Waals surface area contributed by atoms with E-state index in [2.05, 4.69) is 23.6 Å². The molecule has 2 saturated heterocycles. The molecule has 2 nitrogen and oxygen atoms in total. The minimum Gasteiger partial charge on any atom is -0.301 e. The van der Waals surface area contributed by atoms with Crippen molar-refractivity contribution in [3.05, 3.63) is 0 Å². The number of hydrogen-bond donors (Lipinski definition) is 0. The summed E-state index contributed by atoms with van der Waals surface area (Å²) in [5.74, 6) is 0.